The van der Waals surface area contributed by atoms with Crippen LogP contribution in [0.15, 0.2) is 55.3 Å². The molecule has 34 heavy (non-hydrogen) atoms. The molecule has 0 bridgehead atoms. The van der Waals surface area contributed by atoms with Crippen LogP contribution in [0.3, 0.4) is 0 Å². The molecule has 3 N–H and O–H groups in total. The molecule has 8 heteroatoms. The quantitative estimate of drug-likeness (QED) is 0.246. The predicted molar refractivity (Wildman–Crippen MR) is 138 cm³/mol. The number of halogens is 2. The van der Waals surface area contributed by atoms with Crippen LogP contribution in [0.25, 0.3) is 5.57 Å². The molecule has 0 aliphatic heterocycles. The number of aromatic nitrogens is 1. The topological polar surface area (TPSA) is 82.5 Å². The zero-order chi connectivity index (χ0) is 25.7. The Morgan fingerprint density at radius 2 is 1.88 bits per heavy atom. The lowest BCUT2D eigenvalue weighted by atomic mass is 9.94. The summed E-state index contributed by atoms with van der Waals surface area (Å²) in [6, 6.07) is 7.50. The molecule has 0 amide bonds. The minimum absolute atomic E-state index is 0.101. The number of benzene rings is 1. The molecule has 0 aliphatic rings. The standard InChI is InChI=1S/C20H25F2N2O2P.C6H10O/c1-3-5-13(4-2)18-16(17(26)12-25)10-11-23-19(18)24-15-8-6-14(7-9-15)20(21,22)27;1-3-5-6(7)4-2/h5-11,17,25-26H,3-4,12,27H2,1-2H3,(H,23,24);4H,2-3,5H2,1H3/b13-5+;. The zero-order valence-corrected chi connectivity index (χ0v) is 21.2. The molecule has 1 heterocycles. The van der Waals surface area contributed by atoms with Gasteiger partial charge in [-0.15, -0.1) is 0 Å². The Kier molecular flexibility index (Phi) is 12.8. The molecular weight excluding hydrogens is 457 g/mol. The van der Waals surface area contributed by atoms with E-state index in [-0.39, 0.29) is 11.3 Å². The van der Waals surface area contributed by atoms with Crippen molar-refractivity contribution in [2.24, 2.45) is 0 Å². The largest absolute Gasteiger partial charge is 0.393 e. The highest BCUT2D eigenvalue weighted by molar-refractivity contribution is 7.17. The Morgan fingerprint density at radius 3 is 2.32 bits per heavy atom. The fraction of sp³-hybridized carbons (Fsp3) is 0.385. The number of allylic oxidation sites excluding steroid dienone is 3. The number of carbonyl (C=O) groups is 1. The van der Waals surface area contributed by atoms with Gasteiger partial charge in [0.25, 0.3) is 5.66 Å². The molecule has 1 aromatic heterocycles. The number of aliphatic hydroxyl groups is 2. The monoisotopic (exact) mass is 492 g/mol. The number of nitrogens with one attached hydrogen (secondary N) is 1. The molecule has 2 aromatic rings. The number of aliphatic hydroxyl groups excluding tert-OH is 2. The number of hydrogen-bond acceptors (Lipinski definition) is 5. The molecule has 0 saturated heterocycles. The molecule has 0 saturated carbocycles. The number of alkyl halides is 2. The van der Waals surface area contributed by atoms with Crippen molar-refractivity contribution >= 4 is 32.1 Å². The van der Waals surface area contributed by atoms with E-state index in [9.17, 15) is 23.8 Å². The van der Waals surface area contributed by atoms with Gasteiger partial charge in [0, 0.05) is 29.4 Å². The lowest BCUT2D eigenvalue weighted by Crippen LogP contribution is -2.10. The van der Waals surface area contributed by atoms with Crippen molar-refractivity contribution in [3.63, 3.8) is 0 Å². The molecule has 5 nitrogen and oxygen atoms in total. The van der Waals surface area contributed by atoms with Crippen molar-refractivity contribution in [1.82, 2.24) is 4.98 Å². The van der Waals surface area contributed by atoms with E-state index in [4.69, 9.17) is 0 Å². The van der Waals surface area contributed by atoms with E-state index < -0.39 is 18.4 Å². The van der Waals surface area contributed by atoms with Gasteiger partial charge in [0.15, 0.2) is 5.78 Å². The molecule has 2 rings (SSSR count). The Balaban J connectivity index is 0.000000718. The van der Waals surface area contributed by atoms with E-state index in [1.807, 2.05) is 26.8 Å². The highest BCUT2D eigenvalue weighted by atomic mass is 31.0. The summed E-state index contributed by atoms with van der Waals surface area (Å²) in [4.78, 5) is 14.7. The second-order valence-electron chi connectivity index (χ2n) is 7.56. The number of rotatable bonds is 11. The lowest BCUT2D eigenvalue weighted by Gasteiger charge is -2.20. The third kappa shape index (κ3) is 9.05. The lowest BCUT2D eigenvalue weighted by molar-refractivity contribution is -0.114. The highest BCUT2D eigenvalue weighted by Gasteiger charge is 2.24. The minimum atomic E-state index is -2.98. The minimum Gasteiger partial charge on any atom is -0.393 e. The van der Waals surface area contributed by atoms with Crippen molar-refractivity contribution in [3.05, 3.63) is 72.0 Å². The third-order valence-corrected chi connectivity index (χ3v) is 5.26. The van der Waals surface area contributed by atoms with Gasteiger partial charge in [-0.2, -0.15) is 8.78 Å². The first-order chi connectivity index (χ1) is 16.1. The zero-order valence-electron chi connectivity index (χ0n) is 20.0. The van der Waals surface area contributed by atoms with Crippen LogP contribution in [-0.2, 0) is 10.5 Å². The molecule has 1 aromatic carbocycles. The van der Waals surface area contributed by atoms with Gasteiger partial charge in [0.05, 0.1) is 6.61 Å². The van der Waals surface area contributed by atoms with Gasteiger partial charge in [-0.05, 0) is 54.7 Å². The summed E-state index contributed by atoms with van der Waals surface area (Å²) in [7, 11) is 1.52. The maximum atomic E-state index is 13.4. The van der Waals surface area contributed by atoms with Crippen LogP contribution in [0, 0.1) is 0 Å². The van der Waals surface area contributed by atoms with Gasteiger partial charge < -0.3 is 15.5 Å². The van der Waals surface area contributed by atoms with Crippen LogP contribution < -0.4 is 5.32 Å². The number of carbonyl (C=O) groups excluding carboxylic acids is 1. The summed E-state index contributed by atoms with van der Waals surface area (Å²) in [5.74, 6) is 0.648. The summed E-state index contributed by atoms with van der Waals surface area (Å²) < 4.78 is 26.7. The second-order valence-corrected chi connectivity index (χ2v) is 8.28. The molecule has 0 spiro atoms. The van der Waals surface area contributed by atoms with Crippen molar-refractivity contribution in [2.75, 3.05) is 11.9 Å². The average Bonchev–Trinajstić information content (AvgIpc) is 2.82. The molecular formula is C26H35F2N2O3P. The van der Waals surface area contributed by atoms with Crippen LogP contribution in [0.2, 0.25) is 0 Å². The van der Waals surface area contributed by atoms with Gasteiger partial charge in [0.2, 0.25) is 0 Å². The fourth-order valence-corrected chi connectivity index (χ4v) is 3.41. The van der Waals surface area contributed by atoms with E-state index in [0.29, 0.717) is 23.5 Å². The SMILES string of the molecule is C=CC(=O)CCC.CC/C=C(\CC)c1c(C(O)CO)ccnc1Nc1ccc(C(F)(F)P)cc1. The maximum Gasteiger partial charge on any atom is 0.283 e. The van der Waals surface area contributed by atoms with Crippen molar-refractivity contribution in [1.29, 1.82) is 0 Å². The Morgan fingerprint density at radius 1 is 1.24 bits per heavy atom. The van der Waals surface area contributed by atoms with E-state index in [0.717, 1.165) is 30.4 Å². The molecule has 0 radical (unpaired) electrons. The van der Waals surface area contributed by atoms with Gasteiger partial charge in [0.1, 0.15) is 11.9 Å². The van der Waals surface area contributed by atoms with Crippen LogP contribution in [-0.4, -0.2) is 27.6 Å². The molecule has 2 atom stereocenters. The number of pyridine rings is 1. The Bertz CT molecular complexity index is 958. The maximum absolute atomic E-state index is 13.4. The van der Waals surface area contributed by atoms with Crippen LogP contribution in [0.1, 0.15) is 69.2 Å². The molecule has 0 aliphatic carbocycles. The highest BCUT2D eigenvalue weighted by Crippen LogP contribution is 2.36. The first-order valence-corrected chi connectivity index (χ1v) is 11.9. The smallest absolute Gasteiger partial charge is 0.283 e. The van der Waals surface area contributed by atoms with E-state index >= 15 is 0 Å². The van der Waals surface area contributed by atoms with Crippen molar-refractivity contribution in [2.45, 2.75) is 58.2 Å². The summed E-state index contributed by atoms with van der Waals surface area (Å²) >= 11 is 0. The molecule has 2 unspecified atom stereocenters. The summed E-state index contributed by atoms with van der Waals surface area (Å²) in [6.45, 7) is 8.92. The van der Waals surface area contributed by atoms with E-state index in [1.165, 1.54) is 27.4 Å². The van der Waals surface area contributed by atoms with Crippen LogP contribution >= 0.6 is 9.24 Å². The van der Waals surface area contributed by atoms with Crippen LogP contribution in [0.4, 0.5) is 20.3 Å². The summed E-state index contributed by atoms with van der Waals surface area (Å²) in [6.07, 6.45) is 7.02. The normalized spacial score (nSPS) is 12.4. The molecule has 186 valence electrons. The van der Waals surface area contributed by atoms with Gasteiger partial charge >= 0.3 is 0 Å². The molecule has 0 fully saturated rings. The predicted octanol–water partition coefficient (Wildman–Crippen LogP) is 6.52. The van der Waals surface area contributed by atoms with Gasteiger partial charge in [-0.25, -0.2) is 4.98 Å². The van der Waals surface area contributed by atoms with E-state index in [1.54, 1.807) is 24.4 Å². The first-order valence-electron chi connectivity index (χ1n) is 11.3. The summed E-state index contributed by atoms with van der Waals surface area (Å²) in [5.41, 5.74) is -0.191. The number of anilines is 2. The summed E-state index contributed by atoms with van der Waals surface area (Å²) in [5, 5.41) is 22.8. The van der Waals surface area contributed by atoms with Crippen LogP contribution in [0.5, 0.6) is 0 Å². The second kappa shape index (κ2) is 14.7. The Labute approximate surface area is 203 Å². The third-order valence-electron chi connectivity index (χ3n) is 4.92. The average molecular weight is 493 g/mol. The van der Waals surface area contributed by atoms with E-state index in [2.05, 4.69) is 16.9 Å². The number of hydrogen-bond donors (Lipinski definition) is 3. The van der Waals surface area contributed by atoms with Gasteiger partial charge in [-0.1, -0.05) is 54.8 Å². The Hall–Kier alpha value is -2.47. The fourth-order valence-electron chi connectivity index (χ4n) is 3.22. The van der Waals surface area contributed by atoms with Crippen molar-refractivity contribution in [3.8, 4) is 0 Å². The first kappa shape index (κ1) is 29.6. The number of nitrogens with zero attached hydrogens (tertiary/aromatic N) is 1. The van der Waals surface area contributed by atoms with Gasteiger partial charge in [-0.3, -0.25) is 4.79 Å². The number of ketones is 1. The van der Waals surface area contributed by atoms with Crippen molar-refractivity contribution < 1.29 is 23.8 Å².